The van der Waals surface area contributed by atoms with Crippen LogP contribution < -0.4 is 15.8 Å². The van der Waals surface area contributed by atoms with Gasteiger partial charge >= 0.3 is 0 Å². The number of carbonyl (C=O) groups is 2. The zero-order valence-electron chi connectivity index (χ0n) is 20.8. The number of fused-ring (bicyclic) bond motifs is 5. The molecule has 5 aromatic rings. The molecule has 1 aliphatic carbocycles. The highest BCUT2D eigenvalue weighted by atomic mass is 16.1. The Morgan fingerprint density at radius 2 is 1.57 bits per heavy atom. The highest BCUT2D eigenvalue weighted by Gasteiger charge is 2.20. The lowest BCUT2D eigenvalue weighted by atomic mass is 9.85. The Morgan fingerprint density at radius 1 is 0.811 bits per heavy atom. The number of hydrogen-bond acceptors (Lipinski definition) is 2. The van der Waals surface area contributed by atoms with E-state index >= 15 is 0 Å². The fraction of sp³-hybridized carbons (Fsp3) is 0.118. The van der Waals surface area contributed by atoms with Crippen LogP contribution in [0, 0.1) is 6.92 Å². The van der Waals surface area contributed by atoms with Crippen molar-refractivity contribution in [3.8, 4) is 0 Å². The molecule has 1 N–H and O–H groups in total. The van der Waals surface area contributed by atoms with Gasteiger partial charge in [-0.3, -0.25) is 9.59 Å². The van der Waals surface area contributed by atoms with Crippen LogP contribution >= 0.6 is 0 Å². The number of rotatable bonds is 4. The first-order chi connectivity index (χ1) is 18.0. The number of benzene rings is 5. The predicted octanol–water partition coefficient (Wildman–Crippen LogP) is 6.33. The van der Waals surface area contributed by atoms with Gasteiger partial charge in [0.15, 0.2) is 5.78 Å². The zero-order chi connectivity index (χ0) is 25.5. The average Bonchev–Trinajstić information content (AvgIpc) is 2.92. The summed E-state index contributed by atoms with van der Waals surface area (Å²) in [5.41, 5.74) is 4.94. The first kappa shape index (κ1) is 22.9. The molecular formula is C34H27NO2. The highest BCUT2D eigenvalue weighted by Crippen LogP contribution is 2.28. The summed E-state index contributed by atoms with van der Waals surface area (Å²) in [4.78, 5) is 26.3. The maximum absolute atomic E-state index is 13.7. The van der Waals surface area contributed by atoms with Crippen LogP contribution in [0.4, 0.5) is 5.69 Å². The van der Waals surface area contributed by atoms with E-state index in [1.807, 2.05) is 31.2 Å². The fourth-order valence-electron chi connectivity index (χ4n) is 5.63. The maximum atomic E-state index is 13.7. The summed E-state index contributed by atoms with van der Waals surface area (Å²) in [5.74, 6) is -0.111. The minimum atomic E-state index is -0.156. The molecule has 0 heterocycles. The number of ketones is 1. The normalized spacial score (nSPS) is 12.9. The van der Waals surface area contributed by atoms with Crippen LogP contribution in [0.3, 0.4) is 0 Å². The SMILES string of the molecule is C=c1cc2ccccc2c2ccc3c(c12)CCCC=3C(=O)c1ccc(NC(=O)c2ccccc2C)cc1. The zero-order valence-corrected chi connectivity index (χ0v) is 20.8. The van der Waals surface area contributed by atoms with Crippen LogP contribution in [0.5, 0.6) is 0 Å². The average molecular weight is 482 g/mol. The molecule has 0 spiro atoms. The number of amides is 1. The summed E-state index contributed by atoms with van der Waals surface area (Å²) in [6, 6.07) is 29.5. The van der Waals surface area contributed by atoms with Gasteiger partial charge in [-0.15, -0.1) is 0 Å². The standard InChI is InChI=1S/C34H27NO2/c1-21-8-3-5-10-26(21)34(37)35-25-16-14-23(15-17-25)33(36)31-13-7-12-29-28(31)18-19-30-27-11-6-4-9-24(27)20-22(2)32(29)30/h3-6,8-11,14-20H,2,7,12-13H2,1H3,(H,35,37). The Hall–Kier alpha value is -4.50. The van der Waals surface area contributed by atoms with Gasteiger partial charge in [0.2, 0.25) is 0 Å². The number of anilines is 1. The number of Topliss-reactive ketones (excluding diaryl/α,β-unsaturated/α-hetero) is 1. The van der Waals surface area contributed by atoms with Gasteiger partial charge in [0.05, 0.1) is 0 Å². The molecule has 0 fully saturated rings. The summed E-state index contributed by atoms with van der Waals surface area (Å²) in [6.07, 6.45) is 2.63. The van der Waals surface area contributed by atoms with Gasteiger partial charge in [-0.05, 0) is 106 Å². The predicted molar refractivity (Wildman–Crippen MR) is 152 cm³/mol. The van der Waals surface area contributed by atoms with Gasteiger partial charge in [0, 0.05) is 22.4 Å². The van der Waals surface area contributed by atoms with E-state index in [9.17, 15) is 9.59 Å². The first-order valence-corrected chi connectivity index (χ1v) is 12.7. The molecule has 0 bridgehead atoms. The number of hydrogen-bond donors (Lipinski definition) is 1. The number of aryl methyl sites for hydroxylation is 2. The molecule has 0 saturated carbocycles. The van der Waals surface area contributed by atoms with Crippen molar-refractivity contribution in [2.45, 2.75) is 26.2 Å². The van der Waals surface area contributed by atoms with E-state index in [4.69, 9.17) is 0 Å². The van der Waals surface area contributed by atoms with Crippen molar-refractivity contribution in [3.05, 3.63) is 124 Å². The molecule has 0 atom stereocenters. The van der Waals surface area contributed by atoms with Crippen LogP contribution in [0.2, 0.25) is 0 Å². The van der Waals surface area contributed by atoms with Gasteiger partial charge in [0.1, 0.15) is 0 Å². The van der Waals surface area contributed by atoms with Crippen molar-refractivity contribution in [1.82, 2.24) is 0 Å². The van der Waals surface area contributed by atoms with Crippen molar-refractivity contribution in [2.24, 2.45) is 0 Å². The third-order valence-electron chi connectivity index (χ3n) is 7.46. The van der Waals surface area contributed by atoms with E-state index in [1.165, 1.54) is 27.1 Å². The van der Waals surface area contributed by atoms with Gasteiger partial charge in [0.25, 0.3) is 5.91 Å². The Morgan fingerprint density at radius 3 is 2.38 bits per heavy atom. The summed E-state index contributed by atoms with van der Waals surface area (Å²) in [6.45, 7) is 6.28. The van der Waals surface area contributed by atoms with Gasteiger partial charge in [-0.2, -0.15) is 0 Å². The molecule has 0 aromatic heterocycles. The Labute approximate surface area is 215 Å². The second-order valence-electron chi connectivity index (χ2n) is 9.78. The second kappa shape index (κ2) is 9.18. The van der Waals surface area contributed by atoms with Crippen molar-refractivity contribution in [1.29, 1.82) is 0 Å². The molecule has 3 nitrogen and oxygen atoms in total. The molecule has 1 aliphatic rings. The van der Waals surface area contributed by atoms with Gasteiger partial charge < -0.3 is 5.32 Å². The van der Waals surface area contributed by atoms with Crippen molar-refractivity contribution in [2.75, 3.05) is 5.32 Å². The lowest BCUT2D eigenvalue weighted by molar-refractivity contribution is 0.102. The topological polar surface area (TPSA) is 46.2 Å². The molecule has 0 radical (unpaired) electrons. The van der Waals surface area contributed by atoms with E-state index in [1.54, 1.807) is 24.3 Å². The van der Waals surface area contributed by atoms with Crippen LogP contribution in [0.1, 0.15) is 44.7 Å². The Kier molecular flexibility index (Phi) is 5.69. The first-order valence-electron chi connectivity index (χ1n) is 12.7. The molecule has 0 unspecified atom stereocenters. The van der Waals surface area contributed by atoms with Crippen LogP contribution in [0.25, 0.3) is 33.7 Å². The van der Waals surface area contributed by atoms with Crippen molar-refractivity contribution < 1.29 is 9.59 Å². The van der Waals surface area contributed by atoms with Crippen molar-refractivity contribution >= 4 is 51.1 Å². The molecule has 37 heavy (non-hydrogen) atoms. The van der Waals surface area contributed by atoms with Gasteiger partial charge in [-0.1, -0.05) is 61.2 Å². The van der Waals surface area contributed by atoms with Crippen LogP contribution in [-0.2, 0) is 6.42 Å². The molecule has 6 rings (SSSR count). The maximum Gasteiger partial charge on any atom is 0.255 e. The number of nitrogens with one attached hydrogen (secondary N) is 1. The third kappa shape index (κ3) is 4.03. The molecule has 1 amide bonds. The number of carbonyl (C=O) groups excluding carboxylic acids is 2. The summed E-state index contributed by atoms with van der Waals surface area (Å²) >= 11 is 0. The molecule has 0 aliphatic heterocycles. The van der Waals surface area contributed by atoms with E-state index in [2.05, 4.69) is 54.4 Å². The van der Waals surface area contributed by atoms with E-state index in [0.29, 0.717) is 16.8 Å². The molecule has 3 heteroatoms. The van der Waals surface area contributed by atoms with E-state index in [0.717, 1.165) is 40.8 Å². The Bertz CT molecular complexity index is 1830. The largest absolute Gasteiger partial charge is 0.322 e. The Balaban J connectivity index is 1.37. The lowest BCUT2D eigenvalue weighted by Crippen LogP contribution is -2.24. The summed E-state index contributed by atoms with van der Waals surface area (Å²) in [5, 5.41) is 9.76. The smallest absolute Gasteiger partial charge is 0.255 e. The summed E-state index contributed by atoms with van der Waals surface area (Å²) in [7, 11) is 0. The van der Waals surface area contributed by atoms with Crippen LogP contribution in [-0.4, -0.2) is 11.7 Å². The van der Waals surface area contributed by atoms with Crippen molar-refractivity contribution in [3.63, 3.8) is 0 Å². The lowest BCUT2D eigenvalue weighted by Gasteiger charge is -2.19. The fourth-order valence-corrected chi connectivity index (χ4v) is 5.63. The summed E-state index contributed by atoms with van der Waals surface area (Å²) < 4.78 is 0. The molecular weight excluding hydrogens is 454 g/mol. The van der Waals surface area contributed by atoms with Gasteiger partial charge in [-0.25, -0.2) is 0 Å². The van der Waals surface area contributed by atoms with Crippen LogP contribution in [0.15, 0.2) is 91.0 Å². The third-order valence-corrected chi connectivity index (χ3v) is 7.46. The molecule has 0 saturated heterocycles. The quantitative estimate of drug-likeness (QED) is 0.241. The molecule has 5 aromatic carbocycles. The minimum absolute atomic E-state index is 0.0449. The van der Waals surface area contributed by atoms with E-state index in [-0.39, 0.29) is 11.7 Å². The monoisotopic (exact) mass is 481 g/mol. The molecule has 180 valence electrons. The highest BCUT2D eigenvalue weighted by molar-refractivity contribution is 6.25. The second-order valence-corrected chi connectivity index (χ2v) is 9.78. The van der Waals surface area contributed by atoms with E-state index < -0.39 is 0 Å². The minimum Gasteiger partial charge on any atom is -0.322 e.